The van der Waals surface area contributed by atoms with Gasteiger partial charge in [-0.15, -0.1) is 0 Å². The van der Waals surface area contributed by atoms with Gasteiger partial charge in [-0.2, -0.15) is 0 Å². The number of carbonyl (C=O) groups excluding carboxylic acids is 1. The summed E-state index contributed by atoms with van der Waals surface area (Å²) in [7, 11) is 0. The molecule has 0 radical (unpaired) electrons. The zero-order valence-electron chi connectivity index (χ0n) is 18.3. The molecule has 0 amide bonds. The van der Waals surface area contributed by atoms with Crippen LogP contribution >= 0.6 is 0 Å². The van der Waals surface area contributed by atoms with Gasteiger partial charge in [0.25, 0.3) is 0 Å². The van der Waals surface area contributed by atoms with Crippen LogP contribution in [0.4, 0.5) is 10.1 Å². The van der Waals surface area contributed by atoms with E-state index in [4.69, 9.17) is 17.0 Å². The molecular formula is C22H24FNO5. The van der Waals surface area contributed by atoms with Crippen molar-refractivity contribution in [2.24, 2.45) is 0 Å². The van der Waals surface area contributed by atoms with Crippen molar-refractivity contribution in [3.05, 3.63) is 47.3 Å². The molecule has 1 unspecified atom stereocenters. The maximum atomic E-state index is 14.9. The quantitative estimate of drug-likeness (QED) is 0.843. The Morgan fingerprint density at radius 3 is 2.79 bits per heavy atom. The highest BCUT2D eigenvalue weighted by atomic mass is 19.1. The molecule has 29 heavy (non-hydrogen) atoms. The summed E-state index contributed by atoms with van der Waals surface area (Å²) in [5.41, 5.74) is -1.26. The lowest BCUT2D eigenvalue weighted by molar-refractivity contribution is 0.0183. The molecule has 2 aromatic rings. The van der Waals surface area contributed by atoms with Crippen LogP contribution in [0.15, 0.2) is 30.3 Å². The van der Waals surface area contributed by atoms with Crippen molar-refractivity contribution in [2.75, 3.05) is 37.8 Å². The van der Waals surface area contributed by atoms with Gasteiger partial charge in [0.05, 0.1) is 25.3 Å². The van der Waals surface area contributed by atoms with Crippen LogP contribution in [-0.4, -0.2) is 49.4 Å². The van der Waals surface area contributed by atoms with Gasteiger partial charge in [0.1, 0.15) is 29.3 Å². The van der Waals surface area contributed by atoms with Gasteiger partial charge in [0.15, 0.2) is 17.3 Å². The number of Topliss-reactive ketones (excluding diaryl/α,β-unsaturated/α-hetero) is 1. The molecule has 1 N–H and O–H groups in total. The summed E-state index contributed by atoms with van der Waals surface area (Å²) in [6.07, 6.45) is -2.56. The van der Waals surface area contributed by atoms with Crippen molar-refractivity contribution in [2.45, 2.75) is 25.8 Å². The Hall–Kier alpha value is -2.80. The molecule has 0 saturated carbocycles. The van der Waals surface area contributed by atoms with E-state index >= 15 is 0 Å². The normalized spacial score (nSPS) is 24.2. The van der Waals surface area contributed by atoms with E-state index in [1.165, 1.54) is 13.0 Å². The molecule has 6 nitrogen and oxygen atoms in total. The van der Waals surface area contributed by atoms with E-state index in [1.807, 2.05) is 19.1 Å². The molecule has 0 bridgehead atoms. The molecule has 1 fully saturated rings. The number of benzene rings is 2. The number of halogens is 1. The summed E-state index contributed by atoms with van der Waals surface area (Å²) >= 11 is 0. The molecule has 1 saturated heterocycles. The fourth-order valence-electron chi connectivity index (χ4n) is 3.51. The minimum absolute atomic E-state index is 0.0728. The monoisotopic (exact) mass is 403 g/mol. The molecule has 2 heterocycles. The fraction of sp³-hybridized carbons (Fsp3) is 0.409. The van der Waals surface area contributed by atoms with Gasteiger partial charge in [-0.1, -0.05) is 18.2 Å². The van der Waals surface area contributed by atoms with Gasteiger partial charge >= 0.3 is 0 Å². The molecule has 4 rings (SSSR count). The van der Waals surface area contributed by atoms with Gasteiger partial charge in [-0.3, -0.25) is 4.79 Å². The molecule has 0 aromatic heterocycles. The molecule has 154 valence electrons. The second-order valence-electron chi connectivity index (χ2n) is 7.37. The van der Waals surface area contributed by atoms with Crippen LogP contribution in [0, 0.1) is 12.7 Å². The number of nitrogens with zero attached hydrogens (tertiary/aromatic N) is 1. The van der Waals surface area contributed by atoms with Crippen LogP contribution < -0.4 is 14.4 Å². The Balaban J connectivity index is 1.72. The lowest BCUT2D eigenvalue weighted by Crippen LogP contribution is -2.44. The Labute approximate surface area is 171 Å². The topological polar surface area (TPSA) is 68.2 Å². The van der Waals surface area contributed by atoms with Gasteiger partial charge in [0.2, 0.25) is 0 Å². The van der Waals surface area contributed by atoms with E-state index in [0.29, 0.717) is 32.1 Å². The smallest absolute Gasteiger partial charge is 0.189 e. The Kier molecular flexibility index (Phi) is 4.45. The first kappa shape index (κ1) is 17.1. The van der Waals surface area contributed by atoms with Gasteiger partial charge in [0, 0.05) is 21.9 Å². The molecule has 0 spiro atoms. The van der Waals surface area contributed by atoms with Crippen LogP contribution in [0.2, 0.25) is 0 Å². The van der Waals surface area contributed by atoms with Crippen LogP contribution in [0.25, 0.3) is 0 Å². The van der Waals surface area contributed by atoms with Gasteiger partial charge in [-0.05, 0) is 25.5 Å². The van der Waals surface area contributed by atoms with Gasteiger partial charge < -0.3 is 24.2 Å². The summed E-state index contributed by atoms with van der Waals surface area (Å²) in [6.45, 7) is 4.66. The summed E-state index contributed by atoms with van der Waals surface area (Å²) in [5.74, 6) is -2.47. The third-order valence-electron chi connectivity index (χ3n) is 5.07. The number of para-hydroxylation sites is 1. The predicted octanol–water partition coefficient (Wildman–Crippen LogP) is 3.48. The molecule has 1 atom stereocenters. The first-order valence-corrected chi connectivity index (χ1v) is 9.46. The second kappa shape index (κ2) is 7.55. The number of anilines is 1. The number of aromatic hydroxyl groups is 1. The number of phenolic OH excluding ortho intramolecular Hbond substituents is 1. The highest BCUT2D eigenvalue weighted by Crippen LogP contribution is 2.43. The van der Waals surface area contributed by atoms with E-state index in [2.05, 4.69) is 0 Å². The minimum atomic E-state index is -2.56. The number of phenols is 1. The van der Waals surface area contributed by atoms with Crippen LogP contribution in [-0.2, 0) is 4.74 Å². The molecular weight excluding hydrogens is 377 g/mol. The number of ketones is 1. The minimum Gasteiger partial charge on any atom is -0.504 e. The number of rotatable bonds is 4. The zero-order chi connectivity index (χ0) is 22.4. The predicted molar refractivity (Wildman–Crippen MR) is 106 cm³/mol. The number of carbonyl (C=O) groups is 1. The number of morpholine rings is 1. The second-order valence-corrected chi connectivity index (χ2v) is 7.37. The average molecular weight is 403 g/mol. The lowest BCUT2D eigenvalue weighted by atomic mass is 9.91. The highest BCUT2D eigenvalue weighted by molar-refractivity contribution is 6.03. The van der Waals surface area contributed by atoms with E-state index in [9.17, 15) is 14.3 Å². The zero-order valence-corrected chi connectivity index (χ0v) is 16.3. The SMILES string of the molecule is [2H]C1([2H])C(=O)c2c(cc(N3CCOCC3)c(F)c2O)OC1(C)COc1ccccc1C. The Morgan fingerprint density at radius 2 is 2.07 bits per heavy atom. The van der Waals surface area contributed by atoms with E-state index in [0.717, 1.165) is 5.56 Å². The van der Waals surface area contributed by atoms with Crippen molar-refractivity contribution in [3.8, 4) is 17.2 Å². The van der Waals surface area contributed by atoms with Crippen LogP contribution in [0.3, 0.4) is 0 Å². The van der Waals surface area contributed by atoms with E-state index in [1.54, 1.807) is 17.0 Å². The summed E-state index contributed by atoms with van der Waals surface area (Å²) in [4.78, 5) is 14.7. The third kappa shape index (κ3) is 3.74. The molecule has 2 aromatic carbocycles. The lowest BCUT2D eigenvalue weighted by Gasteiger charge is -2.36. The van der Waals surface area contributed by atoms with Crippen molar-refractivity contribution in [1.29, 1.82) is 0 Å². The maximum absolute atomic E-state index is 14.9. The Morgan fingerprint density at radius 1 is 1.34 bits per heavy atom. The molecule has 2 aliphatic rings. The fourth-order valence-corrected chi connectivity index (χ4v) is 3.51. The number of hydrogen-bond donors (Lipinski definition) is 1. The van der Waals surface area contributed by atoms with E-state index < -0.39 is 34.9 Å². The average Bonchev–Trinajstić information content (AvgIpc) is 2.75. The number of fused-ring (bicyclic) bond motifs is 1. The van der Waals surface area contributed by atoms with Crippen molar-refractivity contribution in [3.63, 3.8) is 0 Å². The number of hydrogen-bond acceptors (Lipinski definition) is 6. The Bertz CT molecular complexity index is 1030. The molecule has 7 heteroatoms. The van der Waals surface area contributed by atoms with Crippen molar-refractivity contribution < 1.29 is 31.2 Å². The molecule has 0 aliphatic carbocycles. The van der Waals surface area contributed by atoms with Crippen LogP contribution in [0.1, 0.15) is 32.0 Å². The van der Waals surface area contributed by atoms with Crippen LogP contribution in [0.5, 0.6) is 17.2 Å². The number of aryl methyl sites for hydroxylation is 1. The third-order valence-corrected chi connectivity index (χ3v) is 5.07. The standard InChI is InChI=1S/C22H24FNO5/c1-14-5-3-4-6-17(14)28-13-22(2)12-16(25)19-18(29-22)11-15(20(23)21(19)26)24-7-9-27-10-8-24/h3-6,11,26H,7-10,12-13H2,1-2H3/i12D2. The maximum Gasteiger partial charge on any atom is 0.189 e. The molecule has 2 aliphatic heterocycles. The largest absolute Gasteiger partial charge is 0.504 e. The van der Waals surface area contributed by atoms with E-state index in [-0.39, 0.29) is 18.0 Å². The van der Waals surface area contributed by atoms with Gasteiger partial charge in [-0.25, -0.2) is 4.39 Å². The summed E-state index contributed by atoms with van der Waals surface area (Å²) < 4.78 is 48.7. The van der Waals surface area contributed by atoms with Crippen molar-refractivity contribution >= 4 is 11.5 Å². The number of ether oxygens (including phenoxy) is 3. The first-order valence-electron chi connectivity index (χ1n) is 10.5. The van der Waals surface area contributed by atoms with Crippen molar-refractivity contribution in [1.82, 2.24) is 0 Å². The first-order chi connectivity index (χ1) is 14.7. The summed E-state index contributed by atoms with van der Waals surface area (Å²) in [5, 5.41) is 10.4. The highest BCUT2D eigenvalue weighted by Gasteiger charge is 2.41. The summed E-state index contributed by atoms with van der Waals surface area (Å²) in [6, 6.07) is 8.57.